The SMILES string of the molecule is CNCC(=O)c1ccc(C=O)c(OC)c1OC. The number of carbonyl (C=O) groups excluding carboxylic acids is 2. The summed E-state index contributed by atoms with van der Waals surface area (Å²) in [6, 6.07) is 3.10. The summed E-state index contributed by atoms with van der Waals surface area (Å²) in [4.78, 5) is 22.6. The van der Waals surface area contributed by atoms with Gasteiger partial charge in [0.2, 0.25) is 0 Å². The summed E-state index contributed by atoms with van der Waals surface area (Å²) in [6.45, 7) is 0.194. The number of hydrogen-bond acceptors (Lipinski definition) is 5. The van der Waals surface area contributed by atoms with Gasteiger partial charge in [-0.15, -0.1) is 0 Å². The van der Waals surface area contributed by atoms with Crippen LogP contribution in [0, 0.1) is 0 Å². The maximum Gasteiger partial charge on any atom is 0.180 e. The number of carbonyl (C=O) groups is 2. The lowest BCUT2D eigenvalue weighted by molar-refractivity contribution is 0.0988. The molecule has 1 aromatic rings. The fraction of sp³-hybridized carbons (Fsp3) is 0.333. The summed E-state index contributed by atoms with van der Waals surface area (Å²) in [5.74, 6) is 0.446. The lowest BCUT2D eigenvalue weighted by Gasteiger charge is -2.13. The molecule has 0 saturated heterocycles. The van der Waals surface area contributed by atoms with Crippen molar-refractivity contribution in [1.29, 1.82) is 0 Å². The fourth-order valence-corrected chi connectivity index (χ4v) is 1.56. The first-order valence-corrected chi connectivity index (χ1v) is 5.07. The van der Waals surface area contributed by atoms with Crippen LogP contribution >= 0.6 is 0 Å². The third-order valence-electron chi connectivity index (χ3n) is 2.32. The molecule has 0 aromatic heterocycles. The summed E-state index contributed by atoms with van der Waals surface area (Å²) in [5.41, 5.74) is 0.745. The van der Waals surface area contributed by atoms with Gasteiger partial charge in [0.05, 0.1) is 31.9 Å². The van der Waals surface area contributed by atoms with Crippen LogP contribution in [-0.2, 0) is 0 Å². The molecular formula is C12H15NO4. The summed E-state index contributed by atoms with van der Waals surface area (Å²) in [7, 11) is 4.54. The normalized spacial score (nSPS) is 9.82. The van der Waals surface area contributed by atoms with Gasteiger partial charge >= 0.3 is 0 Å². The Morgan fingerprint density at radius 3 is 2.41 bits per heavy atom. The molecule has 0 radical (unpaired) electrons. The van der Waals surface area contributed by atoms with Crippen LogP contribution in [0.2, 0.25) is 0 Å². The van der Waals surface area contributed by atoms with E-state index in [-0.39, 0.29) is 23.8 Å². The number of ketones is 1. The van der Waals surface area contributed by atoms with Gasteiger partial charge in [0, 0.05) is 0 Å². The minimum absolute atomic E-state index is 0.125. The quantitative estimate of drug-likeness (QED) is 0.588. The lowest BCUT2D eigenvalue weighted by atomic mass is 10.1. The van der Waals surface area contributed by atoms with Crippen LogP contribution in [0.3, 0.4) is 0 Å². The minimum Gasteiger partial charge on any atom is -0.492 e. The molecule has 0 heterocycles. The largest absolute Gasteiger partial charge is 0.492 e. The number of nitrogens with one attached hydrogen (secondary N) is 1. The minimum atomic E-state index is -0.125. The van der Waals surface area contributed by atoms with E-state index in [0.29, 0.717) is 17.4 Å². The van der Waals surface area contributed by atoms with E-state index in [4.69, 9.17) is 9.47 Å². The Labute approximate surface area is 99.7 Å². The molecule has 5 heteroatoms. The third-order valence-corrected chi connectivity index (χ3v) is 2.32. The first-order valence-electron chi connectivity index (χ1n) is 5.07. The Bertz CT molecular complexity index is 429. The van der Waals surface area contributed by atoms with Crippen molar-refractivity contribution in [3.63, 3.8) is 0 Å². The molecule has 1 rings (SSSR count). The van der Waals surface area contributed by atoms with Crippen molar-refractivity contribution in [3.8, 4) is 11.5 Å². The van der Waals surface area contributed by atoms with Crippen LogP contribution in [0.15, 0.2) is 12.1 Å². The zero-order valence-corrected chi connectivity index (χ0v) is 10.1. The van der Waals surface area contributed by atoms with Crippen LogP contribution in [0.5, 0.6) is 11.5 Å². The van der Waals surface area contributed by atoms with E-state index in [1.54, 1.807) is 13.1 Å². The summed E-state index contributed by atoms with van der Waals surface area (Å²) < 4.78 is 10.2. The number of aldehydes is 1. The van der Waals surface area contributed by atoms with E-state index < -0.39 is 0 Å². The van der Waals surface area contributed by atoms with E-state index in [1.165, 1.54) is 20.3 Å². The molecule has 5 nitrogen and oxygen atoms in total. The molecule has 0 fully saturated rings. The molecule has 0 atom stereocenters. The number of hydrogen-bond donors (Lipinski definition) is 1. The molecule has 0 aliphatic heterocycles. The van der Waals surface area contributed by atoms with Crippen LogP contribution in [0.1, 0.15) is 20.7 Å². The Balaban J connectivity index is 3.32. The number of ether oxygens (including phenoxy) is 2. The second kappa shape index (κ2) is 6.00. The molecule has 0 unspecified atom stereocenters. The van der Waals surface area contributed by atoms with E-state index in [9.17, 15) is 9.59 Å². The molecule has 0 aliphatic rings. The van der Waals surface area contributed by atoms with E-state index in [1.807, 2.05) is 0 Å². The third kappa shape index (κ3) is 2.62. The first kappa shape index (κ1) is 13.2. The van der Waals surface area contributed by atoms with E-state index >= 15 is 0 Å². The van der Waals surface area contributed by atoms with Gasteiger partial charge in [0.1, 0.15) is 0 Å². The molecule has 0 spiro atoms. The number of Topliss-reactive ketones (excluding diaryl/α,β-unsaturated/α-hetero) is 1. The van der Waals surface area contributed by atoms with Gasteiger partial charge in [-0.05, 0) is 19.2 Å². The molecule has 92 valence electrons. The molecule has 0 aliphatic carbocycles. The lowest BCUT2D eigenvalue weighted by Crippen LogP contribution is -2.19. The highest BCUT2D eigenvalue weighted by molar-refractivity contribution is 6.02. The molecule has 17 heavy (non-hydrogen) atoms. The smallest absolute Gasteiger partial charge is 0.180 e. The highest BCUT2D eigenvalue weighted by Crippen LogP contribution is 2.34. The van der Waals surface area contributed by atoms with Crippen molar-refractivity contribution < 1.29 is 19.1 Å². The molecule has 1 aromatic carbocycles. The highest BCUT2D eigenvalue weighted by atomic mass is 16.5. The average molecular weight is 237 g/mol. The van der Waals surface area contributed by atoms with Crippen molar-refractivity contribution in [2.24, 2.45) is 0 Å². The maximum atomic E-state index is 11.8. The van der Waals surface area contributed by atoms with Crippen molar-refractivity contribution in [2.75, 3.05) is 27.8 Å². The molecule has 0 amide bonds. The molecular weight excluding hydrogens is 222 g/mol. The van der Waals surface area contributed by atoms with Crippen molar-refractivity contribution in [3.05, 3.63) is 23.3 Å². The van der Waals surface area contributed by atoms with Crippen LogP contribution in [-0.4, -0.2) is 39.9 Å². The number of methoxy groups -OCH3 is 2. The zero-order chi connectivity index (χ0) is 12.8. The molecule has 1 N–H and O–H groups in total. The summed E-state index contributed by atoms with van der Waals surface area (Å²) in [6.07, 6.45) is 0.660. The topological polar surface area (TPSA) is 64.6 Å². The van der Waals surface area contributed by atoms with Gasteiger partial charge in [-0.1, -0.05) is 0 Å². The van der Waals surface area contributed by atoms with Crippen molar-refractivity contribution >= 4 is 12.1 Å². The van der Waals surface area contributed by atoms with E-state index in [2.05, 4.69) is 5.32 Å². The maximum absolute atomic E-state index is 11.8. The van der Waals surface area contributed by atoms with Gasteiger partial charge in [0.15, 0.2) is 23.6 Å². The number of likely N-dealkylation sites (N-methyl/N-ethyl adjacent to an activating group) is 1. The molecule has 0 bridgehead atoms. The Kier molecular flexibility index (Phi) is 4.66. The predicted octanol–water partition coefficient (Wildman–Crippen LogP) is 0.918. The first-order chi connectivity index (χ1) is 8.19. The average Bonchev–Trinajstić information content (AvgIpc) is 2.36. The zero-order valence-electron chi connectivity index (χ0n) is 10.1. The van der Waals surface area contributed by atoms with Gasteiger partial charge < -0.3 is 14.8 Å². The number of benzene rings is 1. The van der Waals surface area contributed by atoms with E-state index in [0.717, 1.165) is 0 Å². The Hall–Kier alpha value is -1.88. The predicted molar refractivity (Wildman–Crippen MR) is 63.2 cm³/mol. The van der Waals surface area contributed by atoms with Gasteiger partial charge in [0.25, 0.3) is 0 Å². The van der Waals surface area contributed by atoms with Crippen LogP contribution < -0.4 is 14.8 Å². The van der Waals surface area contributed by atoms with Crippen LogP contribution in [0.4, 0.5) is 0 Å². The highest BCUT2D eigenvalue weighted by Gasteiger charge is 2.18. The molecule has 0 saturated carbocycles. The Morgan fingerprint density at radius 2 is 1.94 bits per heavy atom. The second-order valence-corrected chi connectivity index (χ2v) is 3.34. The fourth-order valence-electron chi connectivity index (χ4n) is 1.56. The monoisotopic (exact) mass is 237 g/mol. The Morgan fingerprint density at radius 1 is 1.29 bits per heavy atom. The summed E-state index contributed by atoms with van der Waals surface area (Å²) >= 11 is 0. The van der Waals surface area contributed by atoms with Gasteiger partial charge in [-0.25, -0.2) is 0 Å². The van der Waals surface area contributed by atoms with Crippen molar-refractivity contribution in [2.45, 2.75) is 0 Å². The standard InChI is InChI=1S/C12H15NO4/c1-13-6-10(15)9-5-4-8(7-14)11(16-2)12(9)17-3/h4-5,7,13H,6H2,1-3H3. The second-order valence-electron chi connectivity index (χ2n) is 3.34. The van der Waals surface area contributed by atoms with Crippen LogP contribution in [0.25, 0.3) is 0 Å². The number of rotatable bonds is 6. The van der Waals surface area contributed by atoms with Gasteiger partial charge in [-0.2, -0.15) is 0 Å². The van der Waals surface area contributed by atoms with Gasteiger partial charge in [-0.3, -0.25) is 9.59 Å². The van der Waals surface area contributed by atoms with Crippen molar-refractivity contribution in [1.82, 2.24) is 5.32 Å². The summed E-state index contributed by atoms with van der Waals surface area (Å²) in [5, 5.41) is 2.77.